The third kappa shape index (κ3) is 1.30. The first-order valence-electron chi connectivity index (χ1n) is 4.84. The Morgan fingerprint density at radius 2 is 1.94 bits per heavy atom. The first-order chi connectivity index (χ1) is 7.84. The van der Waals surface area contributed by atoms with E-state index in [9.17, 15) is 4.79 Å². The van der Waals surface area contributed by atoms with Gasteiger partial charge >= 0.3 is 0 Å². The summed E-state index contributed by atoms with van der Waals surface area (Å²) >= 11 is 0. The minimum Gasteiger partial charge on any atom is -0.330 e. The quantitative estimate of drug-likeness (QED) is 0.656. The molecule has 0 amide bonds. The first kappa shape index (κ1) is 8.84. The van der Waals surface area contributed by atoms with E-state index in [1.54, 1.807) is 6.20 Å². The summed E-state index contributed by atoms with van der Waals surface area (Å²) in [6.07, 6.45) is 1.56. The van der Waals surface area contributed by atoms with Crippen LogP contribution in [-0.2, 0) is 0 Å². The number of H-pyrrole nitrogens is 1. The van der Waals surface area contributed by atoms with Crippen molar-refractivity contribution in [3.63, 3.8) is 0 Å². The molecule has 2 heterocycles. The fourth-order valence-electron chi connectivity index (χ4n) is 1.53. The van der Waals surface area contributed by atoms with Gasteiger partial charge in [0.2, 0.25) is 5.78 Å². The Morgan fingerprint density at radius 3 is 2.69 bits per heavy atom. The van der Waals surface area contributed by atoms with Gasteiger partial charge in [-0.1, -0.05) is 30.3 Å². The van der Waals surface area contributed by atoms with Crippen molar-refractivity contribution >= 4 is 5.78 Å². The van der Waals surface area contributed by atoms with Crippen LogP contribution in [0.2, 0.25) is 0 Å². The van der Waals surface area contributed by atoms with Gasteiger partial charge in [-0.25, -0.2) is 0 Å². The molecule has 0 aliphatic heterocycles. The first-order valence-corrected chi connectivity index (χ1v) is 4.84. The number of benzene rings is 1. The zero-order valence-electron chi connectivity index (χ0n) is 8.29. The second-order valence-electron chi connectivity index (χ2n) is 3.35. The van der Waals surface area contributed by atoms with Gasteiger partial charge in [-0.15, -0.1) is 5.10 Å². The van der Waals surface area contributed by atoms with Gasteiger partial charge in [0.05, 0.1) is 0 Å². The van der Waals surface area contributed by atoms with E-state index in [0.29, 0.717) is 11.6 Å². The predicted octanol–water partition coefficient (Wildman–Crippen LogP) is 1.08. The molecule has 3 rings (SSSR count). The topological polar surface area (TPSA) is 63.0 Å². The van der Waals surface area contributed by atoms with E-state index in [0.717, 1.165) is 5.56 Å². The Morgan fingerprint density at radius 1 is 1.12 bits per heavy atom. The Balaban J connectivity index is 2.28. The molecule has 0 radical (unpaired) electrons. The lowest BCUT2D eigenvalue weighted by Gasteiger charge is -1.90. The zero-order valence-corrected chi connectivity index (χ0v) is 8.29. The van der Waals surface area contributed by atoms with Gasteiger partial charge in [-0.05, 0) is 0 Å². The van der Waals surface area contributed by atoms with Crippen LogP contribution in [0.25, 0.3) is 17.2 Å². The SMILES string of the molecule is O=c1cc[nH]c2nc(-c3ccccc3)nn12. The molecule has 78 valence electrons. The van der Waals surface area contributed by atoms with E-state index >= 15 is 0 Å². The van der Waals surface area contributed by atoms with Gasteiger partial charge in [0, 0.05) is 17.8 Å². The molecule has 0 aliphatic rings. The van der Waals surface area contributed by atoms with Crippen LogP contribution >= 0.6 is 0 Å². The Bertz CT molecular complexity index is 684. The molecule has 1 N–H and O–H groups in total. The van der Waals surface area contributed by atoms with Crippen LogP contribution in [0.15, 0.2) is 47.4 Å². The van der Waals surface area contributed by atoms with Crippen molar-refractivity contribution in [2.24, 2.45) is 0 Å². The number of aromatic nitrogens is 4. The number of rotatable bonds is 1. The molecule has 5 nitrogen and oxygen atoms in total. The molecule has 0 saturated heterocycles. The van der Waals surface area contributed by atoms with Gasteiger partial charge in [0.25, 0.3) is 5.56 Å². The second-order valence-corrected chi connectivity index (χ2v) is 3.35. The fourth-order valence-corrected chi connectivity index (χ4v) is 1.53. The molecule has 0 saturated carbocycles. The summed E-state index contributed by atoms with van der Waals surface area (Å²) in [6.45, 7) is 0. The van der Waals surface area contributed by atoms with E-state index in [-0.39, 0.29) is 5.56 Å². The molecule has 2 aromatic heterocycles. The fraction of sp³-hybridized carbons (Fsp3) is 0. The molecule has 1 aromatic carbocycles. The predicted molar refractivity (Wildman–Crippen MR) is 59.0 cm³/mol. The van der Waals surface area contributed by atoms with Gasteiger partial charge in [0.15, 0.2) is 5.82 Å². The molecular weight excluding hydrogens is 204 g/mol. The largest absolute Gasteiger partial charge is 0.330 e. The van der Waals surface area contributed by atoms with Crippen LogP contribution in [0, 0.1) is 0 Å². The van der Waals surface area contributed by atoms with Crippen molar-refractivity contribution in [1.82, 2.24) is 19.6 Å². The molecule has 0 unspecified atom stereocenters. The van der Waals surface area contributed by atoms with Crippen molar-refractivity contribution in [2.75, 3.05) is 0 Å². The van der Waals surface area contributed by atoms with Gasteiger partial charge < -0.3 is 4.98 Å². The molecule has 0 aliphatic carbocycles. The number of hydrogen-bond donors (Lipinski definition) is 1. The van der Waals surface area contributed by atoms with Crippen molar-refractivity contribution in [3.8, 4) is 11.4 Å². The van der Waals surface area contributed by atoms with Gasteiger partial charge in [0.1, 0.15) is 0 Å². The summed E-state index contributed by atoms with van der Waals surface area (Å²) in [5.41, 5.74) is 0.697. The lowest BCUT2D eigenvalue weighted by molar-refractivity contribution is 0.902. The van der Waals surface area contributed by atoms with E-state index in [2.05, 4.69) is 15.1 Å². The number of nitrogens with zero attached hydrogens (tertiary/aromatic N) is 3. The van der Waals surface area contributed by atoms with E-state index < -0.39 is 0 Å². The maximum absolute atomic E-state index is 11.5. The van der Waals surface area contributed by atoms with Crippen LogP contribution < -0.4 is 5.56 Å². The van der Waals surface area contributed by atoms with E-state index in [4.69, 9.17) is 0 Å². The summed E-state index contributed by atoms with van der Waals surface area (Å²) in [6, 6.07) is 10.9. The highest BCUT2D eigenvalue weighted by Crippen LogP contribution is 2.13. The highest BCUT2D eigenvalue weighted by atomic mass is 16.1. The molecule has 16 heavy (non-hydrogen) atoms. The van der Waals surface area contributed by atoms with Crippen molar-refractivity contribution < 1.29 is 0 Å². The zero-order chi connectivity index (χ0) is 11.0. The molecule has 0 bridgehead atoms. The highest BCUT2D eigenvalue weighted by molar-refractivity contribution is 5.56. The minimum absolute atomic E-state index is 0.191. The lowest BCUT2D eigenvalue weighted by atomic mass is 10.2. The lowest BCUT2D eigenvalue weighted by Crippen LogP contribution is -2.12. The average Bonchev–Trinajstić information content (AvgIpc) is 2.76. The molecule has 0 atom stereocenters. The van der Waals surface area contributed by atoms with Crippen molar-refractivity contribution in [3.05, 3.63) is 52.9 Å². The smallest absolute Gasteiger partial charge is 0.275 e. The summed E-state index contributed by atoms with van der Waals surface area (Å²) in [5, 5.41) is 4.14. The third-order valence-corrected chi connectivity index (χ3v) is 2.29. The standard InChI is InChI=1S/C11H8N4O/c16-9-6-7-12-11-13-10(14-15(9)11)8-4-2-1-3-5-8/h1-7H,(H,12,13,14). The number of nitrogens with one attached hydrogen (secondary N) is 1. The monoisotopic (exact) mass is 212 g/mol. The van der Waals surface area contributed by atoms with Crippen LogP contribution in [0.4, 0.5) is 0 Å². The van der Waals surface area contributed by atoms with Crippen LogP contribution in [0.3, 0.4) is 0 Å². The van der Waals surface area contributed by atoms with Crippen LogP contribution in [0.1, 0.15) is 0 Å². The number of aromatic amines is 1. The van der Waals surface area contributed by atoms with E-state index in [1.807, 2.05) is 30.3 Å². The molecule has 3 aromatic rings. The Kier molecular flexibility index (Phi) is 1.83. The number of fused-ring (bicyclic) bond motifs is 1. The Hall–Kier alpha value is -2.43. The molecule has 0 fully saturated rings. The molecule has 5 heteroatoms. The van der Waals surface area contributed by atoms with Crippen LogP contribution in [-0.4, -0.2) is 19.6 Å². The summed E-state index contributed by atoms with van der Waals surface area (Å²) in [5.74, 6) is 0.992. The minimum atomic E-state index is -0.191. The highest BCUT2D eigenvalue weighted by Gasteiger charge is 2.06. The van der Waals surface area contributed by atoms with Gasteiger partial charge in [-0.2, -0.15) is 9.50 Å². The van der Waals surface area contributed by atoms with Gasteiger partial charge in [-0.3, -0.25) is 4.79 Å². The maximum Gasteiger partial charge on any atom is 0.275 e. The second kappa shape index (κ2) is 3.30. The Labute approximate surface area is 90.4 Å². The third-order valence-electron chi connectivity index (χ3n) is 2.29. The van der Waals surface area contributed by atoms with Crippen molar-refractivity contribution in [1.29, 1.82) is 0 Å². The maximum atomic E-state index is 11.5. The summed E-state index contributed by atoms with van der Waals surface area (Å²) in [7, 11) is 0. The van der Waals surface area contributed by atoms with E-state index in [1.165, 1.54) is 10.6 Å². The normalized spacial score (nSPS) is 10.8. The summed E-state index contributed by atoms with van der Waals surface area (Å²) < 4.78 is 1.25. The van der Waals surface area contributed by atoms with Crippen molar-refractivity contribution in [2.45, 2.75) is 0 Å². The molecule has 0 spiro atoms. The average molecular weight is 212 g/mol. The van der Waals surface area contributed by atoms with Crippen LogP contribution in [0.5, 0.6) is 0 Å². The number of hydrogen-bond acceptors (Lipinski definition) is 3. The summed E-state index contributed by atoms with van der Waals surface area (Å²) in [4.78, 5) is 18.6. The molecular formula is C11H8N4O.